The lowest BCUT2D eigenvalue weighted by Gasteiger charge is -2.20. The molecule has 0 saturated carbocycles. The highest BCUT2D eigenvalue weighted by atomic mass is 35.5. The molecular weight excluding hydrogens is 271 g/mol. The summed E-state index contributed by atoms with van der Waals surface area (Å²) in [5.41, 5.74) is 5.63. The second kappa shape index (κ2) is 8.72. The van der Waals surface area contributed by atoms with Crippen LogP contribution in [0.25, 0.3) is 0 Å². The molecule has 0 heterocycles. The Balaban J connectivity index is 0.00000324. The Morgan fingerprint density at radius 2 is 2.11 bits per heavy atom. The second-order valence-corrected chi connectivity index (χ2v) is 4.05. The van der Waals surface area contributed by atoms with Gasteiger partial charge in [-0.05, 0) is 18.6 Å². The molecule has 0 aromatic heterocycles. The highest BCUT2D eigenvalue weighted by Crippen LogP contribution is 2.14. The van der Waals surface area contributed by atoms with Crippen LogP contribution in [0.5, 0.6) is 5.75 Å². The maximum Gasteiger partial charge on any atom is 0.239 e. The van der Waals surface area contributed by atoms with Crippen LogP contribution in [0.3, 0.4) is 0 Å². The molecule has 19 heavy (non-hydrogen) atoms. The summed E-state index contributed by atoms with van der Waals surface area (Å²) >= 11 is 0. The molecule has 0 saturated heterocycles. The number of carbonyl (C=O) groups excluding carboxylic acids is 1. The molecule has 1 amide bonds. The topological polar surface area (TPSA) is 55.6 Å². The number of hydrogen-bond donors (Lipinski definition) is 1. The zero-order chi connectivity index (χ0) is 13.5. The molecule has 1 aromatic rings. The molecule has 2 N–H and O–H groups in total. The maximum atomic E-state index is 13.2. The van der Waals surface area contributed by atoms with Crippen LogP contribution in [0.2, 0.25) is 0 Å². The van der Waals surface area contributed by atoms with Crippen LogP contribution in [0.4, 0.5) is 4.39 Å². The molecule has 0 aliphatic carbocycles. The van der Waals surface area contributed by atoms with Crippen LogP contribution < -0.4 is 10.5 Å². The van der Waals surface area contributed by atoms with E-state index >= 15 is 0 Å². The highest BCUT2D eigenvalue weighted by Gasteiger charge is 2.15. The molecule has 0 aliphatic heterocycles. The van der Waals surface area contributed by atoms with Gasteiger partial charge in [0, 0.05) is 7.05 Å². The fourth-order valence-corrected chi connectivity index (χ4v) is 1.42. The van der Waals surface area contributed by atoms with Crippen molar-refractivity contribution < 1.29 is 13.9 Å². The SMILES string of the molecule is CC[C@H](N)C(=O)N(C)CCOc1ccccc1F.Cl. The number of halogens is 2. The van der Waals surface area contributed by atoms with E-state index in [9.17, 15) is 9.18 Å². The zero-order valence-corrected chi connectivity index (χ0v) is 12.0. The van der Waals surface area contributed by atoms with E-state index in [1.54, 1.807) is 25.2 Å². The van der Waals surface area contributed by atoms with Crippen molar-refractivity contribution in [3.8, 4) is 5.75 Å². The molecule has 0 aliphatic rings. The standard InChI is InChI=1S/C13H19FN2O2.ClH/c1-3-11(15)13(17)16(2)8-9-18-12-7-5-4-6-10(12)14;/h4-7,11H,3,8-9,15H2,1-2H3;1H/t11-;/m0./s1. The number of benzene rings is 1. The lowest BCUT2D eigenvalue weighted by molar-refractivity contribution is -0.131. The summed E-state index contributed by atoms with van der Waals surface area (Å²) < 4.78 is 18.5. The number of hydrogen-bond acceptors (Lipinski definition) is 3. The van der Waals surface area contributed by atoms with Gasteiger partial charge in [0.1, 0.15) is 6.61 Å². The molecule has 1 atom stereocenters. The van der Waals surface area contributed by atoms with Crippen LogP contribution in [0.1, 0.15) is 13.3 Å². The van der Waals surface area contributed by atoms with Crippen LogP contribution >= 0.6 is 12.4 Å². The number of ether oxygens (including phenoxy) is 1. The first kappa shape index (κ1) is 17.7. The van der Waals surface area contributed by atoms with E-state index in [-0.39, 0.29) is 30.7 Å². The quantitative estimate of drug-likeness (QED) is 0.869. The summed E-state index contributed by atoms with van der Waals surface area (Å²) in [6, 6.07) is 5.69. The van der Waals surface area contributed by atoms with Gasteiger partial charge in [-0.1, -0.05) is 19.1 Å². The first-order chi connectivity index (χ1) is 8.56. The Morgan fingerprint density at radius 3 is 2.68 bits per heavy atom. The van der Waals surface area contributed by atoms with Gasteiger partial charge >= 0.3 is 0 Å². The third-order valence-electron chi connectivity index (χ3n) is 2.65. The van der Waals surface area contributed by atoms with Crippen molar-refractivity contribution in [3.63, 3.8) is 0 Å². The minimum atomic E-state index is -0.483. The Labute approximate surface area is 119 Å². The van der Waals surface area contributed by atoms with Gasteiger partial charge in [-0.15, -0.1) is 12.4 Å². The Morgan fingerprint density at radius 1 is 1.47 bits per heavy atom. The fraction of sp³-hybridized carbons (Fsp3) is 0.462. The van der Waals surface area contributed by atoms with Crippen LogP contribution in [-0.2, 0) is 4.79 Å². The minimum absolute atomic E-state index is 0. The summed E-state index contributed by atoms with van der Waals surface area (Å²) in [7, 11) is 1.66. The number of rotatable bonds is 6. The predicted octanol–water partition coefficient (Wildman–Crippen LogP) is 1.82. The normalized spacial score (nSPS) is 11.4. The lowest BCUT2D eigenvalue weighted by atomic mass is 10.2. The highest BCUT2D eigenvalue weighted by molar-refractivity contribution is 5.85. The van der Waals surface area contributed by atoms with Crippen molar-refractivity contribution in [1.82, 2.24) is 4.90 Å². The Bertz CT molecular complexity index is 404. The van der Waals surface area contributed by atoms with Gasteiger partial charge in [0.25, 0.3) is 0 Å². The number of amides is 1. The largest absolute Gasteiger partial charge is 0.489 e. The summed E-state index contributed by atoms with van der Waals surface area (Å²) in [5, 5.41) is 0. The van der Waals surface area contributed by atoms with Gasteiger partial charge in [-0.3, -0.25) is 4.79 Å². The van der Waals surface area contributed by atoms with Crippen molar-refractivity contribution in [2.24, 2.45) is 5.73 Å². The molecule has 0 bridgehead atoms. The Hall–Kier alpha value is -1.33. The molecule has 0 unspecified atom stereocenters. The summed E-state index contributed by atoms with van der Waals surface area (Å²) in [5.74, 6) is -0.343. The lowest BCUT2D eigenvalue weighted by Crippen LogP contribution is -2.42. The number of carbonyl (C=O) groups is 1. The molecule has 1 aromatic carbocycles. The molecule has 108 valence electrons. The predicted molar refractivity (Wildman–Crippen MR) is 75.0 cm³/mol. The van der Waals surface area contributed by atoms with E-state index in [0.717, 1.165) is 0 Å². The summed E-state index contributed by atoms with van der Waals surface area (Å²) in [4.78, 5) is 13.1. The molecule has 4 nitrogen and oxygen atoms in total. The van der Waals surface area contributed by atoms with Crippen LogP contribution in [-0.4, -0.2) is 37.0 Å². The van der Waals surface area contributed by atoms with Crippen molar-refractivity contribution in [2.75, 3.05) is 20.2 Å². The van der Waals surface area contributed by atoms with Gasteiger partial charge < -0.3 is 15.4 Å². The molecule has 6 heteroatoms. The van der Waals surface area contributed by atoms with Crippen molar-refractivity contribution in [2.45, 2.75) is 19.4 Å². The number of para-hydroxylation sites is 1. The van der Waals surface area contributed by atoms with E-state index in [0.29, 0.717) is 13.0 Å². The van der Waals surface area contributed by atoms with Crippen molar-refractivity contribution in [3.05, 3.63) is 30.1 Å². The average molecular weight is 291 g/mol. The van der Waals surface area contributed by atoms with Gasteiger partial charge in [-0.2, -0.15) is 0 Å². The summed E-state index contributed by atoms with van der Waals surface area (Å²) in [6.45, 7) is 2.47. The van der Waals surface area contributed by atoms with Gasteiger partial charge in [0.2, 0.25) is 5.91 Å². The average Bonchev–Trinajstić information content (AvgIpc) is 2.39. The van der Waals surface area contributed by atoms with Gasteiger partial charge in [0.15, 0.2) is 11.6 Å². The molecule has 0 spiro atoms. The smallest absolute Gasteiger partial charge is 0.239 e. The molecule has 0 fully saturated rings. The van der Waals surface area contributed by atoms with E-state index < -0.39 is 11.9 Å². The fourth-order valence-electron chi connectivity index (χ4n) is 1.42. The number of likely N-dealkylation sites (N-methyl/N-ethyl adjacent to an activating group) is 1. The van der Waals surface area contributed by atoms with Crippen molar-refractivity contribution in [1.29, 1.82) is 0 Å². The van der Waals surface area contributed by atoms with E-state index in [1.807, 2.05) is 6.92 Å². The Kier molecular flexibility index (Phi) is 8.11. The monoisotopic (exact) mass is 290 g/mol. The third-order valence-corrected chi connectivity index (χ3v) is 2.65. The molecule has 1 rings (SSSR count). The van der Waals surface area contributed by atoms with E-state index in [4.69, 9.17) is 10.5 Å². The van der Waals surface area contributed by atoms with Gasteiger partial charge in [0.05, 0.1) is 12.6 Å². The number of nitrogens with zero attached hydrogens (tertiary/aromatic N) is 1. The minimum Gasteiger partial charge on any atom is -0.489 e. The van der Waals surface area contributed by atoms with E-state index in [1.165, 1.54) is 11.0 Å². The first-order valence-electron chi connectivity index (χ1n) is 5.94. The third kappa shape index (κ3) is 5.44. The second-order valence-electron chi connectivity index (χ2n) is 4.05. The number of nitrogens with two attached hydrogens (primary N) is 1. The van der Waals surface area contributed by atoms with Gasteiger partial charge in [-0.25, -0.2) is 4.39 Å². The first-order valence-corrected chi connectivity index (χ1v) is 5.94. The molecular formula is C13H20ClFN2O2. The van der Waals surface area contributed by atoms with Crippen molar-refractivity contribution >= 4 is 18.3 Å². The van der Waals surface area contributed by atoms with Crippen LogP contribution in [0.15, 0.2) is 24.3 Å². The molecule has 0 radical (unpaired) electrons. The zero-order valence-electron chi connectivity index (χ0n) is 11.1. The van der Waals surface area contributed by atoms with Crippen LogP contribution in [0, 0.1) is 5.82 Å². The maximum absolute atomic E-state index is 13.2. The van der Waals surface area contributed by atoms with E-state index in [2.05, 4.69) is 0 Å². The summed E-state index contributed by atoms with van der Waals surface area (Å²) in [6.07, 6.45) is 0.595.